The summed E-state index contributed by atoms with van der Waals surface area (Å²) in [6, 6.07) is 19.1. The first-order valence-electron chi connectivity index (χ1n) is 9.86. The summed E-state index contributed by atoms with van der Waals surface area (Å²) >= 11 is 12.0. The van der Waals surface area contributed by atoms with Crippen molar-refractivity contribution in [3.63, 3.8) is 0 Å². The van der Waals surface area contributed by atoms with Crippen LogP contribution in [0.5, 0.6) is 11.5 Å². The minimum absolute atomic E-state index is 0.228. The van der Waals surface area contributed by atoms with Gasteiger partial charge >= 0.3 is 0 Å². The zero-order chi connectivity index (χ0) is 23.6. The summed E-state index contributed by atoms with van der Waals surface area (Å²) in [6.07, 6.45) is 1.49. The van der Waals surface area contributed by atoms with Gasteiger partial charge < -0.3 is 14.8 Å². The number of carbonyl (C=O) groups excluding carboxylic acids is 2. The fraction of sp³-hybridized carbons (Fsp3) is 0.125. The van der Waals surface area contributed by atoms with Crippen molar-refractivity contribution in [3.8, 4) is 11.5 Å². The largest absolute Gasteiger partial charge is 0.496 e. The lowest BCUT2D eigenvalue weighted by Gasteiger charge is -2.08. The minimum Gasteiger partial charge on any atom is -0.496 e. The van der Waals surface area contributed by atoms with E-state index in [4.69, 9.17) is 32.7 Å². The van der Waals surface area contributed by atoms with Gasteiger partial charge in [0.25, 0.3) is 11.8 Å². The zero-order valence-electron chi connectivity index (χ0n) is 17.7. The van der Waals surface area contributed by atoms with Gasteiger partial charge in [0, 0.05) is 15.6 Å². The van der Waals surface area contributed by atoms with Crippen LogP contribution in [0.25, 0.3) is 0 Å². The highest BCUT2D eigenvalue weighted by Gasteiger charge is 2.12. The third-order valence-corrected chi connectivity index (χ3v) is 5.04. The SMILES string of the molecule is COc1ccccc1C(=O)NCC(=O)NN=Cc1ccc(OCc2ccc(Cl)cc2Cl)cc1. The molecule has 0 aromatic heterocycles. The Morgan fingerprint density at radius 2 is 1.79 bits per heavy atom. The maximum Gasteiger partial charge on any atom is 0.259 e. The molecule has 3 aromatic rings. The van der Waals surface area contributed by atoms with Crippen LogP contribution in [0.15, 0.2) is 71.8 Å². The van der Waals surface area contributed by atoms with Gasteiger partial charge in [0.2, 0.25) is 0 Å². The molecule has 0 bridgehead atoms. The lowest BCUT2D eigenvalue weighted by atomic mass is 10.2. The van der Waals surface area contributed by atoms with E-state index in [9.17, 15) is 9.59 Å². The number of rotatable bonds is 9. The summed E-state index contributed by atoms with van der Waals surface area (Å²) in [6.45, 7) is 0.0777. The Labute approximate surface area is 201 Å². The van der Waals surface area contributed by atoms with Crippen molar-refractivity contribution < 1.29 is 19.1 Å². The molecular weight excluding hydrogens is 465 g/mol. The number of amides is 2. The number of carbonyl (C=O) groups is 2. The van der Waals surface area contributed by atoms with Gasteiger partial charge in [-0.25, -0.2) is 5.43 Å². The lowest BCUT2D eigenvalue weighted by Crippen LogP contribution is -2.35. The Hall–Kier alpha value is -3.55. The molecule has 170 valence electrons. The molecule has 3 aromatic carbocycles. The van der Waals surface area contributed by atoms with E-state index in [0.29, 0.717) is 33.7 Å². The number of nitrogens with zero attached hydrogens (tertiary/aromatic N) is 1. The molecule has 2 N–H and O–H groups in total. The molecule has 0 heterocycles. The molecule has 0 spiro atoms. The van der Waals surface area contributed by atoms with E-state index in [-0.39, 0.29) is 6.54 Å². The number of methoxy groups -OCH3 is 1. The number of hydrogen-bond donors (Lipinski definition) is 2. The number of halogens is 2. The molecule has 0 radical (unpaired) electrons. The highest BCUT2D eigenvalue weighted by Crippen LogP contribution is 2.23. The molecule has 3 rings (SSSR count). The number of benzene rings is 3. The number of hydrazone groups is 1. The van der Waals surface area contributed by atoms with Gasteiger partial charge in [0.15, 0.2) is 0 Å². The first-order chi connectivity index (χ1) is 16.0. The topological polar surface area (TPSA) is 89.0 Å². The average molecular weight is 486 g/mol. The third-order valence-electron chi connectivity index (χ3n) is 4.45. The first-order valence-corrected chi connectivity index (χ1v) is 10.6. The fourth-order valence-electron chi connectivity index (χ4n) is 2.76. The van der Waals surface area contributed by atoms with Crippen molar-refractivity contribution in [1.29, 1.82) is 0 Å². The summed E-state index contributed by atoms with van der Waals surface area (Å²) in [5.41, 5.74) is 4.29. The minimum atomic E-state index is -0.464. The number of ether oxygens (including phenoxy) is 2. The van der Waals surface area contributed by atoms with Crippen molar-refractivity contribution in [2.75, 3.05) is 13.7 Å². The highest BCUT2D eigenvalue weighted by molar-refractivity contribution is 6.35. The quantitative estimate of drug-likeness (QED) is 0.345. The Kier molecular flexibility index (Phi) is 8.69. The molecule has 33 heavy (non-hydrogen) atoms. The van der Waals surface area contributed by atoms with E-state index in [1.807, 2.05) is 6.07 Å². The Morgan fingerprint density at radius 3 is 2.52 bits per heavy atom. The van der Waals surface area contributed by atoms with E-state index >= 15 is 0 Å². The summed E-state index contributed by atoms with van der Waals surface area (Å²) < 4.78 is 10.9. The number of para-hydroxylation sites is 1. The maximum atomic E-state index is 12.2. The van der Waals surface area contributed by atoms with Crippen molar-refractivity contribution in [1.82, 2.24) is 10.7 Å². The van der Waals surface area contributed by atoms with Gasteiger partial charge in [-0.1, -0.05) is 41.4 Å². The summed E-state index contributed by atoms with van der Waals surface area (Å²) in [5, 5.41) is 7.53. The van der Waals surface area contributed by atoms with Gasteiger partial charge in [-0.05, 0) is 54.1 Å². The van der Waals surface area contributed by atoms with E-state index in [1.54, 1.807) is 60.7 Å². The van der Waals surface area contributed by atoms with Crippen LogP contribution < -0.4 is 20.2 Å². The van der Waals surface area contributed by atoms with E-state index < -0.39 is 11.8 Å². The smallest absolute Gasteiger partial charge is 0.259 e. The molecule has 9 heteroatoms. The average Bonchev–Trinajstić information content (AvgIpc) is 2.83. The van der Waals surface area contributed by atoms with E-state index in [2.05, 4.69) is 15.8 Å². The number of nitrogens with one attached hydrogen (secondary N) is 2. The molecule has 0 fully saturated rings. The van der Waals surface area contributed by atoms with Crippen molar-refractivity contribution in [2.45, 2.75) is 6.61 Å². The lowest BCUT2D eigenvalue weighted by molar-refractivity contribution is -0.120. The van der Waals surface area contributed by atoms with Gasteiger partial charge in [0.05, 0.1) is 25.4 Å². The molecule has 0 saturated heterocycles. The third kappa shape index (κ3) is 7.24. The first kappa shape index (κ1) is 24.1. The second-order valence-electron chi connectivity index (χ2n) is 6.77. The summed E-state index contributed by atoms with van der Waals surface area (Å²) in [7, 11) is 1.47. The molecule has 0 atom stereocenters. The van der Waals surface area contributed by atoms with Crippen molar-refractivity contribution in [2.24, 2.45) is 5.10 Å². The van der Waals surface area contributed by atoms with Crippen LogP contribution in [0.1, 0.15) is 21.5 Å². The van der Waals surface area contributed by atoms with Crippen molar-refractivity contribution in [3.05, 3.63) is 93.5 Å². The van der Waals surface area contributed by atoms with E-state index in [1.165, 1.54) is 13.3 Å². The maximum absolute atomic E-state index is 12.2. The van der Waals surface area contributed by atoms with Crippen LogP contribution in [0, 0.1) is 0 Å². The van der Waals surface area contributed by atoms with Crippen LogP contribution in [0.3, 0.4) is 0 Å². The molecule has 0 aliphatic heterocycles. The monoisotopic (exact) mass is 485 g/mol. The van der Waals surface area contributed by atoms with Gasteiger partial charge in [-0.3, -0.25) is 9.59 Å². The predicted octanol–water partition coefficient (Wildman–Crippen LogP) is 4.46. The molecule has 0 saturated carbocycles. The Morgan fingerprint density at radius 1 is 1.03 bits per heavy atom. The second-order valence-corrected chi connectivity index (χ2v) is 7.61. The van der Waals surface area contributed by atoms with Gasteiger partial charge in [-0.2, -0.15) is 5.10 Å². The Bertz CT molecular complexity index is 1150. The highest BCUT2D eigenvalue weighted by atomic mass is 35.5. The van der Waals surface area contributed by atoms with Crippen LogP contribution in [0.2, 0.25) is 10.0 Å². The molecular formula is C24H21Cl2N3O4. The zero-order valence-corrected chi connectivity index (χ0v) is 19.2. The summed E-state index contributed by atoms with van der Waals surface area (Å²) in [4.78, 5) is 24.1. The van der Waals surface area contributed by atoms with Crippen LogP contribution in [-0.4, -0.2) is 31.7 Å². The second kappa shape index (κ2) is 11.9. The standard InChI is InChI=1S/C24H21Cl2N3O4/c1-32-22-5-3-2-4-20(22)24(31)27-14-23(30)29-28-13-16-6-10-19(11-7-16)33-15-17-8-9-18(25)12-21(17)26/h2-13H,14-15H2,1H3,(H,27,31)(H,29,30). The van der Waals surface area contributed by atoms with E-state index in [0.717, 1.165) is 11.1 Å². The van der Waals surface area contributed by atoms with Crippen LogP contribution in [-0.2, 0) is 11.4 Å². The molecule has 2 amide bonds. The van der Waals surface area contributed by atoms with Gasteiger partial charge in [0.1, 0.15) is 18.1 Å². The fourth-order valence-corrected chi connectivity index (χ4v) is 3.22. The van der Waals surface area contributed by atoms with Crippen molar-refractivity contribution >= 4 is 41.2 Å². The van der Waals surface area contributed by atoms with Gasteiger partial charge in [-0.15, -0.1) is 0 Å². The van der Waals surface area contributed by atoms with Crippen LogP contribution >= 0.6 is 23.2 Å². The molecule has 0 unspecified atom stereocenters. The Balaban J connectivity index is 1.44. The molecule has 7 nitrogen and oxygen atoms in total. The normalized spacial score (nSPS) is 10.6. The summed E-state index contributed by atoms with van der Waals surface area (Å²) in [5.74, 6) is 0.203. The predicted molar refractivity (Wildman–Crippen MR) is 128 cm³/mol. The molecule has 0 aliphatic rings. The number of hydrogen-bond acceptors (Lipinski definition) is 5. The van der Waals surface area contributed by atoms with Crippen LogP contribution in [0.4, 0.5) is 0 Å². The molecule has 0 aliphatic carbocycles.